The van der Waals surface area contributed by atoms with Gasteiger partial charge in [-0.3, -0.25) is 9.59 Å². The predicted octanol–water partition coefficient (Wildman–Crippen LogP) is 5.05. The number of rotatable bonds is 9. The number of carbonyl (C=O) groups excluding carboxylic acids is 2. The fraction of sp³-hybridized carbons (Fsp3) is 0.529. The van der Waals surface area contributed by atoms with Crippen molar-refractivity contribution in [2.75, 3.05) is 6.61 Å². The smallest absolute Gasteiger partial charge is 0.311 e. The monoisotopic (exact) mass is 360 g/mol. The summed E-state index contributed by atoms with van der Waals surface area (Å²) in [6.45, 7) is 4.68. The molecule has 0 spiro atoms. The van der Waals surface area contributed by atoms with Crippen LogP contribution in [0, 0.1) is 5.92 Å². The highest BCUT2D eigenvalue weighted by Crippen LogP contribution is 2.31. The lowest BCUT2D eigenvalue weighted by Crippen LogP contribution is -2.11. The first kappa shape index (κ1) is 19.8. The first-order chi connectivity index (χ1) is 10.9. The summed E-state index contributed by atoms with van der Waals surface area (Å²) in [6, 6.07) is 4.82. The van der Waals surface area contributed by atoms with Crippen LogP contribution < -0.4 is 4.74 Å². The van der Waals surface area contributed by atoms with Gasteiger partial charge in [0.15, 0.2) is 5.75 Å². The van der Waals surface area contributed by atoms with E-state index in [2.05, 4.69) is 13.8 Å². The van der Waals surface area contributed by atoms with Crippen LogP contribution in [0.1, 0.15) is 46.0 Å². The van der Waals surface area contributed by atoms with E-state index in [-0.39, 0.29) is 29.6 Å². The third-order valence-corrected chi connectivity index (χ3v) is 3.89. The number of halogens is 2. The van der Waals surface area contributed by atoms with Crippen LogP contribution in [0.25, 0.3) is 0 Å². The van der Waals surface area contributed by atoms with Crippen LogP contribution in [0.3, 0.4) is 0 Å². The Labute approximate surface area is 147 Å². The summed E-state index contributed by atoms with van der Waals surface area (Å²) in [7, 11) is 0. The molecule has 0 aliphatic heterocycles. The minimum atomic E-state index is -0.457. The molecule has 0 atom stereocenters. The first-order valence-electron chi connectivity index (χ1n) is 7.70. The van der Waals surface area contributed by atoms with Gasteiger partial charge in [-0.1, -0.05) is 43.1 Å². The van der Waals surface area contributed by atoms with Gasteiger partial charge in [0, 0.05) is 12.8 Å². The zero-order chi connectivity index (χ0) is 17.2. The van der Waals surface area contributed by atoms with Gasteiger partial charge in [0.05, 0.1) is 11.6 Å². The van der Waals surface area contributed by atoms with E-state index in [9.17, 15) is 9.59 Å². The molecular formula is C17H22Cl2O4. The molecular weight excluding hydrogens is 339 g/mol. The largest absolute Gasteiger partial charge is 0.466 e. The molecule has 4 nitrogen and oxygen atoms in total. The van der Waals surface area contributed by atoms with Crippen LogP contribution in [0.5, 0.6) is 5.75 Å². The molecule has 0 fully saturated rings. The Kier molecular flexibility index (Phi) is 9.03. The van der Waals surface area contributed by atoms with E-state index in [0.29, 0.717) is 24.0 Å². The molecule has 0 heterocycles. The molecule has 1 aromatic carbocycles. The highest BCUT2D eigenvalue weighted by Gasteiger charge is 2.12. The summed E-state index contributed by atoms with van der Waals surface area (Å²) < 4.78 is 10.2. The summed E-state index contributed by atoms with van der Waals surface area (Å²) in [5.74, 6) is 0.0753. The maximum atomic E-state index is 11.7. The third-order valence-electron chi connectivity index (χ3n) is 3.09. The van der Waals surface area contributed by atoms with Crippen LogP contribution in [-0.4, -0.2) is 18.5 Å². The molecule has 0 amide bonds. The SMILES string of the molecule is CC(C)CCCOC(=O)CCCC(=O)Oc1cccc(Cl)c1Cl. The zero-order valence-electron chi connectivity index (χ0n) is 13.4. The molecule has 0 unspecified atom stereocenters. The van der Waals surface area contributed by atoms with E-state index in [1.165, 1.54) is 0 Å². The fourth-order valence-electron chi connectivity index (χ4n) is 1.86. The standard InChI is InChI=1S/C17H22Cl2O4/c1-12(2)6-5-11-22-15(20)9-4-10-16(21)23-14-8-3-7-13(18)17(14)19/h3,7-8,12H,4-6,9-11H2,1-2H3. The number of esters is 2. The molecule has 1 rings (SSSR count). The van der Waals surface area contributed by atoms with E-state index >= 15 is 0 Å². The average molecular weight is 361 g/mol. The van der Waals surface area contributed by atoms with Crippen LogP contribution in [0.4, 0.5) is 0 Å². The molecule has 128 valence electrons. The van der Waals surface area contributed by atoms with Crippen molar-refractivity contribution in [3.8, 4) is 5.75 Å². The predicted molar refractivity (Wildman–Crippen MR) is 91.0 cm³/mol. The van der Waals surface area contributed by atoms with E-state index < -0.39 is 5.97 Å². The van der Waals surface area contributed by atoms with Gasteiger partial charge in [-0.05, 0) is 37.3 Å². The van der Waals surface area contributed by atoms with Crippen molar-refractivity contribution in [3.05, 3.63) is 28.2 Å². The molecule has 1 aromatic rings. The molecule has 0 aliphatic rings. The highest BCUT2D eigenvalue weighted by molar-refractivity contribution is 6.43. The van der Waals surface area contributed by atoms with Crippen molar-refractivity contribution < 1.29 is 19.1 Å². The van der Waals surface area contributed by atoms with Gasteiger partial charge in [0.1, 0.15) is 5.02 Å². The molecule has 0 N–H and O–H groups in total. The van der Waals surface area contributed by atoms with Crippen molar-refractivity contribution >= 4 is 35.1 Å². The number of hydrogen-bond acceptors (Lipinski definition) is 4. The van der Waals surface area contributed by atoms with E-state index in [1.807, 2.05) is 0 Å². The third kappa shape index (κ3) is 8.24. The van der Waals surface area contributed by atoms with Gasteiger partial charge in [-0.15, -0.1) is 0 Å². The van der Waals surface area contributed by atoms with Crippen LogP contribution in [0.2, 0.25) is 10.0 Å². The summed E-state index contributed by atoms with van der Waals surface area (Å²) in [4.78, 5) is 23.2. The Morgan fingerprint density at radius 1 is 1.09 bits per heavy atom. The van der Waals surface area contributed by atoms with Crippen molar-refractivity contribution in [2.24, 2.45) is 5.92 Å². The zero-order valence-corrected chi connectivity index (χ0v) is 15.0. The van der Waals surface area contributed by atoms with Gasteiger partial charge in [-0.25, -0.2) is 0 Å². The number of ether oxygens (including phenoxy) is 2. The van der Waals surface area contributed by atoms with Crippen molar-refractivity contribution in [1.82, 2.24) is 0 Å². The van der Waals surface area contributed by atoms with Crippen LogP contribution in [0.15, 0.2) is 18.2 Å². The molecule has 0 saturated carbocycles. The molecule has 0 aliphatic carbocycles. The lowest BCUT2D eigenvalue weighted by molar-refractivity contribution is -0.144. The number of hydrogen-bond donors (Lipinski definition) is 0. The summed E-state index contributed by atoms with van der Waals surface area (Å²) in [5, 5.41) is 0.522. The van der Waals surface area contributed by atoms with Crippen LogP contribution in [-0.2, 0) is 14.3 Å². The molecule has 23 heavy (non-hydrogen) atoms. The summed E-state index contributed by atoms with van der Waals surface area (Å²) in [5.41, 5.74) is 0. The Morgan fingerprint density at radius 2 is 1.78 bits per heavy atom. The maximum Gasteiger partial charge on any atom is 0.311 e. The van der Waals surface area contributed by atoms with E-state index in [0.717, 1.165) is 12.8 Å². The Morgan fingerprint density at radius 3 is 2.48 bits per heavy atom. The minimum absolute atomic E-state index is 0.115. The summed E-state index contributed by atoms with van der Waals surface area (Å²) in [6.07, 6.45) is 2.57. The molecule has 0 saturated heterocycles. The van der Waals surface area contributed by atoms with Crippen molar-refractivity contribution in [3.63, 3.8) is 0 Å². The van der Waals surface area contributed by atoms with E-state index in [1.54, 1.807) is 18.2 Å². The minimum Gasteiger partial charge on any atom is -0.466 e. The fourth-order valence-corrected chi connectivity index (χ4v) is 2.19. The second-order valence-electron chi connectivity index (χ2n) is 5.64. The number of carbonyl (C=O) groups is 2. The van der Waals surface area contributed by atoms with Crippen LogP contribution >= 0.6 is 23.2 Å². The quantitative estimate of drug-likeness (QED) is 0.351. The van der Waals surface area contributed by atoms with Gasteiger partial charge in [0.25, 0.3) is 0 Å². The normalized spacial score (nSPS) is 10.7. The first-order valence-corrected chi connectivity index (χ1v) is 8.46. The van der Waals surface area contributed by atoms with Crippen molar-refractivity contribution in [1.29, 1.82) is 0 Å². The highest BCUT2D eigenvalue weighted by atomic mass is 35.5. The lowest BCUT2D eigenvalue weighted by Gasteiger charge is -2.08. The Balaban J connectivity index is 2.21. The Hall–Kier alpha value is -1.26. The number of benzene rings is 1. The second kappa shape index (κ2) is 10.5. The van der Waals surface area contributed by atoms with Gasteiger partial charge in [-0.2, -0.15) is 0 Å². The molecule has 0 radical (unpaired) electrons. The Bertz CT molecular complexity index is 529. The van der Waals surface area contributed by atoms with Gasteiger partial charge >= 0.3 is 11.9 Å². The van der Waals surface area contributed by atoms with Gasteiger partial charge in [0.2, 0.25) is 0 Å². The molecule has 0 aromatic heterocycles. The molecule has 6 heteroatoms. The lowest BCUT2D eigenvalue weighted by atomic mass is 10.1. The van der Waals surface area contributed by atoms with E-state index in [4.69, 9.17) is 32.7 Å². The average Bonchev–Trinajstić information content (AvgIpc) is 2.48. The maximum absolute atomic E-state index is 11.7. The second-order valence-corrected chi connectivity index (χ2v) is 6.42. The molecule has 0 bridgehead atoms. The summed E-state index contributed by atoms with van der Waals surface area (Å²) >= 11 is 11.8. The van der Waals surface area contributed by atoms with Gasteiger partial charge < -0.3 is 9.47 Å². The van der Waals surface area contributed by atoms with Crippen molar-refractivity contribution in [2.45, 2.75) is 46.0 Å². The topological polar surface area (TPSA) is 52.6 Å².